The first-order chi connectivity index (χ1) is 14.5. The van der Waals surface area contributed by atoms with Crippen LogP contribution in [0.4, 0.5) is 5.82 Å². The van der Waals surface area contributed by atoms with Crippen LogP contribution in [0.1, 0.15) is 20.9 Å². The number of aromatic nitrogens is 3. The summed E-state index contributed by atoms with van der Waals surface area (Å²) in [5, 5.41) is 13.7. The van der Waals surface area contributed by atoms with E-state index in [4.69, 9.17) is 4.74 Å². The van der Waals surface area contributed by atoms with Gasteiger partial charge in [-0.25, -0.2) is 14.8 Å². The molecule has 0 unspecified atom stereocenters. The lowest BCUT2D eigenvalue weighted by Crippen LogP contribution is -2.12. The Labute approximate surface area is 178 Å². The molecule has 4 aromatic rings. The van der Waals surface area contributed by atoms with Crippen LogP contribution in [0, 0.1) is 13.8 Å². The third kappa shape index (κ3) is 3.73. The Morgan fingerprint density at radius 3 is 2.80 bits per heavy atom. The van der Waals surface area contributed by atoms with Crippen LogP contribution in [0.3, 0.4) is 0 Å². The number of methoxy groups -OCH3 is 1. The van der Waals surface area contributed by atoms with Crippen LogP contribution in [-0.2, 0) is 6.54 Å². The van der Waals surface area contributed by atoms with Gasteiger partial charge in [-0.2, -0.15) is 0 Å². The minimum absolute atomic E-state index is 0.337. The number of anilines is 1. The molecule has 3 aromatic heterocycles. The van der Waals surface area contributed by atoms with Gasteiger partial charge in [0.25, 0.3) is 0 Å². The third-order valence-corrected chi connectivity index (χ3v) is 6.25. The molecule has 0 saturated heterocycles. The fraction of sp³-hybridized carbons (Fsp3) is 0.227. The highest BCUT2D eigenvalue weighted by molar-refractivity contribution is 7.17. The van der Waals surface area contributed by atoms with Crippen LogP contribution >= 0.6 is 11.3 Å². The molecular weight excluding hydrogens is 400 g/mol. The second kappa shape index (κ2) is 8.16. The molecule has 154 valence electrons. The monoisotopic (exact) mass is 422 g/mol. The highest BCUT2D eigenvalue weighted by atomic mass is 32.1. The van der Waals surface area contributed by atoms with Crippen LogP contribution in [-0.4, -0.2) is 39.3 Å². The molecule has 0 fully saturated rings. The molecule has 0 atom stereocenters. The van der Waals surface area contributed by atoms with Crippen molar-refractivity contribution in [3.8, 4) is 16.3 Å². The van der Waals surface area contributed by atoms with Crippen molar-refractivity contribution in [2.75, 3.05) is 19.0 Å². The number of aryl methyl sites for hydroxylation is 2. The number of benzene rings is 1. The number of rotatable bonds is 7. The predicted molar refractivity (Wildman–Crippen MR) is 119 cm³/mol. The number of fused-ring (bicyclic) bond motifs is 1. The Bertz CT molecular complexity index is 1230. The number of hydrogen-bond donors (Lipinski definition) is 2. The van der Waals surface area contributed by atoms with E-state index < -0.39 is 5.97 Å². The first-order valence-corrected chi connectivity index (χ1v) is 10.3. The summed E-state index contributed by atoms with van der Waals surface area (Å²) >= 11 is 1.22. The molecule has 30 heavy (non-hydrogen) atoms. The van der Waals surface area contributed by atoms with Crippen molar-refractivity contribution in [1.82, 2.24) is 14.5 Å². The summed E-state index contributed by atoms with van der Waals surface area (Å²) in [6.07, 6.45) is 1.49. The number of aromatic carboxylic acids is 1. The number of carboxylic acid groups (broad SMARTS) is 1. The molecule has 1 aromatic carbocycles. The van der Waals surface area contributed by atoms with Gasteiger partial charge in [0.2, 0.25) is 0 Å². The van der Waals surface area contributed by atoms with Gasteiger partial charge in [0.15, 0.2) is 0 Å². The fourth-order valence-electron chi connectivity index (χ4n) is 3.57. The minimum atomic E-state index is -0.915. The Morgan fingerprint density at radius 2 is 2.07 bits per heavy atom. The average Bonchev–Trinajstić information content (AvgIpc) is 3.28. The van der Waals surface area contributed by atoms with E-state index in [2.05, 4.69) is 38.9 Å². The van der Waals surface area contributed by atoms with Crippen LogP contribution in [0.5, 0.6) is 5.75 Å². The Hall–Kier alpha value is -3.39. The smallest absolute Gasteiger partial charge is 0.346 e. The molecule has 0 spiro atoms. The molecule has 0 aliphatic carbocycles. The molecule has 8 heteroatoms. The quantitative estimate of drug-likeness (QED) is 0.453. The summed E-state index contributed by atoms with van der Waals surface area (Å²) in [7, 11) is 1.68. The van der Waals surface area contributed by atoms with Gasteiger partial charge in [-0.1, -0.05) is 6.07 Å². The normalized spacial score (nSPS) is 11.0. The summed E-state index contributed by atoms with van der Waals surface area (Å²) in [5.74, 6) is 0.659. The van der Waals surface area contributed by atoms with E-state index in [1.54, 1.807) is 14.0 Å². The predicted octanol–water partition coefficient (Wildman–Crippen LogP) is 4.60. The van der Waals surface area contributed by atoms with Crippen LogP contribution in [0.25, 0.3) is 21.5 Å². The summed E-state index contributed by atoms with van der Waals surface area (Å²) in [6.45, 7) is 5.33. The van der Waals surface area contributed by atoms with Gasteiger partial charge in [-0.05, 0) is 43.7 Å². The maximum Gasteiger partial charge on any atom is 0.346 e. The Kier molecular flexibility index (Phi) is 5.41. The van der Waals surface area contributed by atoms with Gasteiger partial charge in [-0.15, -0.1) is 11.3 Å². The molecule has 0 radical (unpaired) electrons. The molecule has 0 aliphatic heterocycles. The molecule has 2 N–H and O–H groups in total. The van der Waals surface area contributed by atoms with E-state index in [1.807, 2.05) is 24.3 Å². The maximum absolute atomic E-state index is 11.3. The highest BCUT2D eigenvalue weighted by Gasteiger charge is 2.14. The number of thiophene rings is 1. The Morgan fingerprint density at radius 1 is 1.23 bits per heavy atom. The third-order valence-electron chi connectivity index (χ3n) is 5.01. The zero-order valence-electron chi connectivity index (χ0n) is 17.0. The standard InChI is InChI=1S/C22H22N4O3S/c1-13-9-19(30-21(13)22(27)28)16-11-20(25-12-24-16)23-7-8-26-14(2)10-15-17(26)5-4-6-18(15)29-3/h4-6,9-12H,7-8H2,1-3H3,(H,27,28)(H,23,24,25). The summed E-state index contributed by atoms with van der Waals surface area (Å²) in [5.41, 5.74) is 3.74. The van der Waals surface area contributed by atoms with Crippen molar-refractivity contribution in [3.63, 3.8) is 0 Å². The minimum Gasteiger partial charge on any atom is -0.496 e. The SMILES string of the molecule is COc1cccc2c1cc(C)n2CCNc1cc(-c2cc(C)c(C(=O)O)s2)ncn1. The van der Waals surface area contributed by atoms with Gasteiger partial charge < -0.3 is 19.7 Å². The largest absolute Gasteiger partial charge is 0.496 e. The molecule has 0 aliphatic rings. The maximum atomic E-state index is 11.3. The van der Waals surface area contributed by atoms with Crippen molar-refractivity contribution in [3.05, 3.63) is 58.9 Å². The zero-order chi connectivity index (χ0) is 21.3. The van der Waals surface area contributed by atoms with Crippen molar-refractivity contribution in [2.24, 2.45) is 0 Å². The van der Waals surface area contributed by atoms with E-state index in [0.717, 1.165) is 39.3 Å². The van der Waals surface area contributed by atoms with E-state index >= 15 is 0 Å². The lowest BCUT2D eigenvalue weighted by atomic mass is 10.2. The number of nitrogens with zero attached hydrogens (tertiary/aromatic N) is 3. The molecule has 3 heterocycles. The first-order valence-electron chi connectivity index (χ1n) is 9.51. The van der Waals surface area contributed by atoms with E-state index in [1.165, 1.54) is 17.7 Å². The lowest BCUT2D eigenvalue weighted by Gasteiger charge is -2.11. The number of carbonyl (C=O) groups is 1. The van der Waals surface area contributed by atoms with Crippen molar-refractivity contribution in [2.45, 2.75) is 20.4 Å². The first kappa shape index (κ1) is 19.9. The van der Waals surface area contributed by atoms with Gasteiger partial charge in [0, 0.05) is 30.2 Å². The zero-order valence-corrected chi connectivity index (χ0v) is 17.8. The lowest BCUT2D eigenvalue weighted by molar-refractivity contribution is 0.0701. The summed E-state index contributed by atoms with van der Waals surface area (Å²) < 4.78 is 7.71. The van der Waals surface area contributed by atoms with Crippen molar-refractivity contribution >= 4 is 34.0 Å². The fourth-order valence-corrected chi connectivity index (χ4v) is 4.55. The number of hydrogen-bond acceptors (Lipinski definition) is 6. The van der Waals surface area contributed by atoms with Gasteiger partial charge >= 0.3 is 5.97 Å². The van der Waals surface area contributed by atoms with Gasteiger partial charge in [-0.3, -0.25) is 0 Å². The second-order valence-corrected chi connectivity index (χ2v) is 8.03. The topological polar surface area (TPSA) is 89.3 Å². The van der Waals surface area contributed by atoms with E-state index in [9.17, 15) is 9.90 Å². The number of nitrogens with one attached hydrogen (secondary N) is 1. The van der Waals surface area contributed by atoms with Crippen LogP contribution in [0.15, 0.2) is 42.7 Å². The molecular formula is C22H22N4O3S. The van der Waals surface area contributed by atoms with Gasteiger partial charge in [0.1, 0.15) is 22.8 Å². The number of carboxylic acids is 1. The second-order valence-electron chi connectivity index (χ2n) is 6.97. The van der Waals surface area contributed by atoms with E-state index in [-0.39, 0.29) is 0 Å². The van der Waals surface area contributed by atoms with Crippen LogP contribution in [0.2, 0.25) is 0 Å². The van der Waals surface area contributed by atoms with Crippen molar-refractivity contribution < 1.29 is 14.6 Å². The molecule has 4 rings (SSSR count). The van der Waals surface area contributed by atoms with Gasteiger partial charge in [0.05, 0.1) is 23.2 Å². The Balaban J connectivity index is 1.50. The van der Waals surface area contributed by atoms with Crippen LogP contribution < -0.4 is 10.1 Å². The van der Waals surface area contributed by atoms with Crippen molar-refractivity contribution in [1.29, 1.82) is 0 Å². The average molecular weight is 423 g/mol. The molecule has 7 nitrogen and oxygen atoms in total. The van der Waals surface area contributed by atoms with E-state index in [0.29, 0.717) is 22.9 Å². The molecule has 0 amide bonds. The highest BCUT2D eigenvalue weighted by Crippen LogP contribution is 2.31. The number of ether oxygens (including phenoxy) is 1. The molecule has 0 saturated carbocycles. The summed E-state index contributed by atoms with van der Waals surface area (Å²) in [6, 6.07) is 11.9. The molecule has 0 bridgehead atoms. The summed E-state index contributed by atoms with van der Waals surface area (Å²) in [4.78, 5) is 21.1.